The molecule has 21 heavy (non-hydrogen) atoms. The summed E-state index contributed by atoms with van der Waals surface area (Å²) in [7, 11) is 0. The van der Waals surface area contributed by atoms with Crippen LogP contribution in [-0.4, -0.2) is 0 Å². The molecule has 0 amide bonds. The van der Waals surface area contributed by atoms with Crippen LogP contribution < -0.4 is 0 Å². The van der Waals surface area contributed by atoms with Crippen molar-refractivity contribution in [2.45, 2.75) is 0 Å². The van der Waals surface area contributed by atoms with Crippen molar-refractivity contribution in [1.82, 2.24) is 0 Å². The third-order valence-corrected chi connectivity index (χ3v) is 4.94. The molecule has 0 spiro atoms. The van der Waals surface area contributed by atoms with Crippen LogP contribution in [0.15, 0.2) is 66.7 Å². The monoisotopic (exact) mass is 285 g/mol. The van der Waals surface area contributed by atoms with Gasteiger partial charge in [-0.3, -0.25) is 0 Å². The largest absolute Gasteiger partial charge is 0.238 e. The second-order valence-electron chi connectivity index (χ2n) is 4.91. The van der Waals surface area contributed by atoms with Crippen LogP contribution in [0, 0.1) is 6.57 Å². The lowest BCUT2D eigenvalue weighted by molar-refractivity contribution is 1.68. The minimum atomic E-state index is 0.711. The highest BCUT2D eigenvalue weighted by Crippen LogP contribution is 2.42. The summed E-state index contributed by atoms with van der Waals surface area (Å²) < 4.78 is 2.55. The molecule has 0 aliphatic carbocycles. The van der Waals surface area contributed by atoms with Crippen molar-refractivity contribution >= 4 is 37.2 Å². The van der Waals surface area contributed by atoms with Crippen LogP contribution in [-0.2, 0) is 0 Å². The summed E-state index contributed by atoms with van der Waals surface area (Å²) in [5.41, 5.74) is 2.88. The molecule has 0 radical (unpaired) electrons. The van der Waals surface area contributed by atoms with E-state index in [0.29, 0.717) is 5.69 Å². The molecule has 0 saturated heterocycles. The third kappa shape index (κ3) is 1.83. The molecule has 0 saturated carbocycles. The maximum atomic E-state index is 7.38. The van der Waals surface area contributed by atoms with E-state index in [1.165, 1.54) is 20.2 Å². The van der Waals surface area contributed by atoms with E-state index in [1.54, 1.807) is 11.3 Å². The molecule has 0 atom stereocenters. The summed E-state index contributed by atoms with van der Waals surface area (Å²) in [5, 5.41) is 2.56. The van der Waals surface area contributed by atoms with Crippen molar-refractivity contribution in [2.75, 3.05) is 0 Å². The zero-order valence-corrected chi connectivity index (χ0v) is 12.0. The lowest BCUT2D eigenvalue weighted by Crippen LogP contribution is -1.78. The van der Waals surface area contributed by atoms with Gasteiger partial charge >= 0.3 is 0 Å². The molecule has 0 aliphatic rings. The number of thiophene rings is 1. The van der Waals surface area contributed by atoms with Crippen LogP contribution in [0.25, 0.3) is 36.1 Å². The molecule has 0 unspecified atom stereocenters. The third-order valence-electron chi connectivity index (χ3n) is 3.72. The number of benzene rings is 3. The van der Waals surface area contributed by atoms with E-state index >= 15 is 0 Å². The minimum Gasteiger partial charge on any atom is -0.238 e. The molecule has 0 fully saturated rings. The van der Waals surface area contributed by atoms with Crippen LogP contribution >= 0.6 is 11.3 Å². The van der Waals surface area contributed by atoms with E-state index < -0.39 is 0 Å². The van der Waals surface area contributed by atoms with Gasteiger partial charge in [0.2, 0.25) is 0 Å². The van der Waals surface area contributed by atoms with Crippen LogP contribution in [0.3, 0.4) is 0 Å². The fraction of sp³-hybridized carbons (Fsp3) is 0. The first-order chi connectivity index (χ1) is 10.4. The summed E-state index contributed by atoms with van der Waals surface area (Å²) in [5.74, 6) is 0. The Morgan fingerprint density at radius 3 is 2.33 bits per heavy atom. The minimum absolute atomic E-state index is 0.711. The lowest BCUT2D eigenvalue weighted by Gasteiger charge is -2.05. The van der Waals surface area contributed by atoms with Crippen LogP contribution in [0.1, 0.15) is 0 Å². The van der Waals surface area contributed by atoms with Gasteiger partial charge in [-0.2, -0.15) is 0 Å². The van der Waals surface area contributed by atoms with Crippen LogP contribution in [0.4, 0.5) is 5.69 Å². The fourth-order valence-electron chi connectivity index (χ4n) is 2.76. The van der Waals surface area contributed by atoms with Crippen molar-refractivity contribution in [3.8, 4) is 11.1 Å². The Balaban J connectivity index is 2.13. The SMILES string of the molecule is [C-]#[N+]c1ccccc1-c1cccc2c1sc1ccccc12. The topological polar surface area (TPSA) is 4.36 Å². The first-order valence-electron chi connectivity index (χ1n) is 6.75. The van der Waals surface area contributed by atoms with Crippen molar-refractivity contribution in [3.05, 3.63) is 78.1 Å². The van der Waals surface area contributed by atoms with Gasteiger partial charge in [-0.05, 0) is 17.2 Å². The van der Waals surface area contributed by atoms with Crippen LogP contribution in [0.2, 0.25) is 0 Å². The van der Waals surface area contributed by atoms with Crippen LogP contribution in [0.5, 0.6) is 0 Å². The molecule has 2 heteroatoms. The zero-order chi connectivity index (χ0) is 14.2. The Morgan fingerprint density at radius 1 is 0.714 bits per heavy atom. The summed E-state index contributed by atoms with van der Waals surface area (Å²) in [6.07, 6.45) is 0. The van der Waals surface area contributed by atoms with Crippen molar-refractivity contribution in [3.63, 3.8) is 0 Å². The molecule has 3 aromatic carbocycles. The predicted molar refractivity (Wildman–Crippen MR) is 91.0 cm³/mol. The Kier molecular flexibility index (Phi) is 2.73. The molecular formula is C19H11NS. The summed E-state index contributed by atoms with van der Waals surface area (Å²) in [6.45, 7) is 7.38. The van der Waals surface area contributed by atoms with Gasteiger partial charge in [-0.15, -0.1) is 11.3 Å². The molecule has 0 bridgehead atoms. The number of para-hydroxylation sites is 1. The van der Waals surface area contributed by atoms with Gasteiger partial charge in [0.05, 0.1) is 6.57 Å². The number of hydrogen-bond acceptors (Lipinski definition) is 1. The Labute approximate surface area is 126 Å². The Morgan fingerprint density at radius 2 is 1.43 bits per heavy atom. The molecule has 4 rings (SSSR count). The van der Waals surface area contributed by atoms with Crippen molar-refractivity contribution in [1.29, 1.82) is 0 Å². The van der Waals surface area contributed by atoms with Gasteiger partial charge in [-0.1, -0.05) is 60.7 Å². The van der Waals surface area contributed by atoms with Gasteiger partial charge in [0, 0.05) is 20.2 Å². The molecule has 1 heterocycles. The van der Waals surface area contributed by atoms with E-state index in [9.17, 15) is 0 Å². The highest BCUT2D eigenvalue weighted by Gasteiger charge is 2.11. The van der Waals surface area contributed by atoms with E-state index in [4.69, 9.17) is 6.57 Å². The van der Waals surface area contributed by atoms with Gasteiger partial charge < -0.3 is 0 Å². The van der Waals surface area contributed by atoms with E-state index in [-0.39, 0.29) is 0 Å². The maximum Gasteiger partial charge on any atom is 0.194 e. The molecule has 1 nitrogen and oxygen atoms in total. The van der Waals surface area contributed by atoms with E-state index in [0.717, 1.165) is 11.1 Å². The van der Waals surface area contributed by atoms with Crippen molar-refractivity contribution < 1.29 is 0 Å². The van der Waals surface area contributed by atoms with Crippen molar-refractivity contribution in [2.24, 2.45) is 0 Å². The first-order valence-corrected chi connectivity index (χ1v) is 7.57. The second kappa shape index (κ2) is 4.73. The molecule has 0 aliphatic heterocycles. The number of hydrogen-bond donors (Lipinski definition) is 0. The number of fused-ring (bicyclic) bond motifs is 3. The highest BCUT2D eigenvalue weighted by molar-refractivity contribution is 7.26. The van der Waals surface area contributed by atoms with Gasteiger partial charge in [0.25, 0.3) is 0 Å². The normalized spacial score (nSPS) is 10.8. The quantitative estimate of drug-likeness (QED) is 0.363. The predicted octanol–water partition coefficient (Wildman–Crippen LogP) is 6.27. The molecule has 1 aromatic heterocycles. The standard InChI is InChI=1S/C19H11NS/c1-20-17-11-4-2-7-13(17)15-9-6-10-16-14-8-3-5-12-18(14)21-19(15)16/h2-12H. The first kappa shape index (κ1) is 12.1. The summed E-state index contributed by atoms with van der Waals surface area (Å²) >= 11 is 1.80. The number of rotatable bonds is 1. The number of nitrogens with zero attached hydrogens (tertiary/aromatic N) is 1. The molecule has 4 aromatic rings. The maximum absolute atomic E-state index is 7.38. The molecule has 0 N–H and O–H groups in total. The molecule has 98 valence electrons. The lowest BCUT2D eigenvalue weighted by atomic mass is 10.0. The summed E-state index contributed by atoms with van der Waals surface area (Å²) in [4.78, 5) is 3.66. The smallest absolute Gasteiger partial charge is 0.194 e. The van der Waals surface area contributed by atoms with Gasteiger partial charge in [0.15, 0.2) is 5.69 Å². The average molecular weight is 285 g/mol. The van der Waals surface area contributed by atoms with Gasteiger partial charge in [0.1, 0.15) is 0 Å². The molecular weight excluding hydrogens is 274 g/mol. The zero-order valence-electron chi connectivity index (χ0n) is 11.2. The van der Waals surface area contributed by atoms with E-state index in [2.05, 4.69) is 47.3 Å². The fourth-order valence-corrected chi connectivity index (χ4v) is 3.99. The summed E-state index contributed by atoms with van der Waals surface area (Å²) in [6, 6.07) is 22.7. The second-order valence-corrected chi connectivity index (χ2v) is 5.96. The average Bonchev–Trinajstić information content (AvgIpc) is 2.93. The van der Waals surface area contributed by atoms with Gasteiger partial charge in [-0.25, -0.2) is 4.85 Å². The van der Waals surface area contributed by atoms with E-state index in [1.807, 2.05) is 24.3 Å². The highest BCUT2D eigenvalue weighted by atomic mass is 32.1. The Bertz CT molecular complexity index is 1000. The Hall–Kier alpha value is -2.63.